The van der Waals surface area contributed by atoms with E-state index in [4.69, 9.17) is 18.9 Å². The molecule has 1 fully saturated rings. The summed E-state index contributed by atoms with van der Waals surface area (Å²) in [7, 11) is 6.18. The fourth-order valence-corrected chi connectivity index (χ4v) is 4.06. The maximum Gasteiger partial charge on any atom is 0.255 e. The molecule has 0 spiro atoms. The van der Waals surface area contributed by atoms with E-state index in [9.17, 15) is 9.59 Å². The molecular weight excluding hydrogens is 436 g/mol. The summed E-state index contributed by atoms with van der Waals surface area (Å²) in [4.78, 5) is 30.5. The van der Waals surface area contributed by atoms with E-state index in [1.165, 1.54) is 16.9 Å². The van der Waals surface area contributed by atoms with Crippen LogP contribution in [0.5, 0.6) is 23.0 Å². The molecule has 3 aromatic carbocycles. The van der Waals surface area contributed by atoms with Crippen molar-refractivity contribution in [1.82, 2.24) is 0 Å². The number of hydrogen-bond donors (Lipinski definition) is 0. The van der Waals surface area contributed by atoms with Crippen LogP contribution in [0.1, 0.15) is 11.6 Å². The fourth-order valence-electron chi connectivity index (χ4n) is 4.06. The van der Waals surface area contributed by atoms with Crippen LogP contribution in [0.15, 0.2) is 66.7 Å². The van der Waals surface area contributed by atoms with Gasteiger partial charge in [-0.25, -0.2) is 0 Å². The standard InChI is InChI=1S/C26H26N2O6/c1-31-20-9-5-7-18(14-20)27-16-24(29)28(19-8-6-10-21(15-19)32-2)25(26(27)30)17-11-12-22(33-3)23(13-17)34-4/h5-15,25H,16H2,1-4H3/t25-/m0/s1. The number of anilines is 2. The third-order valence-corrected chi connectivity index (χ3v) is 5.74. The van der Waals surface area contributed by atoms with Gasteiger partial charge in [-0.05, 0) is 42.0 Å². The van der Waals surface area contributed by atoms with Crippen LogP contribution in [0.3, 0.4) is 0 Å². The SMILES string of the molecule is COc1cccc(N2CC(=O)N(c3cccc(OC)c3)[C@@H](c3ccc(OC)c(OC)c3)C2=O)c1. The predicted octanol–water partition coefficient (Wildman–Crippen LogP) is 3.84. The van der Waals surface area contributed by atoms with Gasteiger partial charge in [0, 0.05) is 23.5 Å². The van der Waals surface area contributed by atoms with Crippen molar-refractivity contribution < 1.29 is 28.5 Å². The lowest BCUT2D eigenvalue weighted by molar-refractivity contribution is -0.128. The van der Waals surface area contributed by atoms with Crippen LogP contribution in [0.25, 0.3) is 0 Å². The molecule has 3 aromatic rings. The number of carbonyl (C=O) groups excluding carboxylic acids is 2. The first kappa shape index (κ1) is 23.0. The second kappa shape index (κ2) is 9.74. The molecule has 1 atom stereocenters. The Morgan fingerprint density at radius 2 is 1.32 bits per heavy atom. The summed E-state index contributed by atoms with van der Waals surface area (Å²) in [6.45, 7) is -0.118. The van der Waals surface area contributed by atoms with Gasteiger partial charge in [-0.2, -0.15) is 0 Å². The minimum atomic E-state index is -0.931. The van der Waals surface area contributed by atoms with Crippen LogP contribution >= 0.6 is 0 Å². The molecule has 0 unspecified atom stereocenters. The fraction of sp³-hybridized carbons (Fsp3) is 0.231. The molecule has 0 radical (unpaired) electrons. The summed E-state index contributed by atoms with van der Waals surface area (Å²) < 4.78 is 21.5. The molecule has 34 heavy (non-hydrogen) atoms. The van der Waals surface area contributed by atoms with E-state index < -0.39 is 6.04 Å². The number of methoxy groups -OCH3 is 4. The molecule has 0 saturated carbocycles. The van der Waals surface area contributed by atoms with Crippen molar-refractivity contribution in [3.05, 3.63) is 72.3 Å². The molecular formula is C26H26N2O6. The maximum absolute atomic E-state index is 14.0. The van der Waals surface area contributed by atoms with E-state index in [1.807, 2.05) is 0 Å². The molecule has 1 heterocycles. The first-order chi connectivity index (χ1) is 16.5. The zero-order chi connectivity index (χ0) is 24.2. The van der Waals surface area contributed by atoms with Gasteiger partial charge in [-0.3, -0.25) is 14.5 Å². The molecule has 0 aromatic heterocycles. The van der Waals surface area contributed by atoms with Crippen LogP contribution in [-0.4, -0.2) is 46.8 Å². The number of hydrogen-bond acceptors (Lipinski definition) is 6. The minimum Gasteiger partial charge on any atom is -0.497 e. The quantitative estimate of drug-likeness (QED) is 0.531. The molecule has 0 bridgehead atoms. The topological polar surface area (TPSA) is 77.5 Å². The number of rotatable bonds is 7. The Kier molecular flexibility index (Phi) is 6.58. The van der Waals surface area contributed by atoms with Crippen molar-refractivity contribution in [1.29, 1.82) is 0 Å². The van der Waals surface area contributed by atoms with Gasteiger partial charge in [0.1, 0.15) is 24.1 Å². The molecule has 176 valence electrons. The Morgan fingerprint density at radius 3 is 1.94 bits per heavy atom. The van der Waals surface area contributed by atoms with E-state index in [2.05, 4.69) is 0 Å². The molecule has 8 heteroatoms. The van der Waals surface area contributed by atoms with Crippen LogP contribution in [0, 0.1) is 0 Å². The first-order valence-electron chi connectivity index (χ1n) is 10.6. The van der Waals surface area contributed by atoms with Crippen molar-refractivity contribution >= 4 is 23.2 Å². The number of carbonyl (C=O) groups is 2. The summed E-state index contributed by atoms with van der Waals surface area (Å²) in [5.74, 6) is 1.66. The summed E-state index contributed by atoms with van der Waals surface area (Å²) in [5.41, 5.74) is 1.72. The van der Waals surface area contributed by atoms with E-state index in [0.717, 1.165) is 0 Å². The van der Waals surface area contributed by atoms with Crippen molar-refractivity contribution in [2.24, 2.45) is 0 Å². The van der Waals surface area contributed by atoms with Gasteiger partial charge >= 0.3 is 0 Å². The normalized spacial score (nSPS) is 15.8. The zero-order valence-electron chi connectivity index (χ0n) is 19.5. The molecule has 1 saturated heterocycles. The third-order valence-electron chi connectivity index (χ3n) is 5.74. The van der Waals surface area contributed by atoms with Crippen LogP contribution < -0.4 is 28.7 Å². The van der Waals surface area contributed by atoms with Crippen molar-refractivity contribution in [2.75, 3.05) is 44.8 Å². The highest BCUT2D eigenvalue weighted by Gasteiger charge is 2.42. The van der Waals surface area contributed by atoms with Gasteiger partial charge < -0.3 is 23.8 Å². The van der Waals surface area contributed by atoms with Crippen LogP contribution in [0.2, 0.25) is 0 Å². The molecule has 0 aliphatic carbocycles. The summed E-state index contributed by atoms with van der Waals surface area (Å²) in [6.07, 6.45) is 0. The smallest absolute Gasteiger partial charge is 0.255 e. The van der Waals surface area contributed by atoms with Gasteiger partial charge in [0.25, 0.3) is 5.91 Å². The first-order valence-corrected chi connectivity index (χ1v) is 10.6. The van der Waals surface area contributed by atoms with E-state index >= 15 is 0 Å². The Labute approximate surface area is 198 Å². The highest BCUT2D eigenvalue weighted by Crippen LogP contribution is 2.39. The summed E-state index contributed by atoms with van der Waals surface area (Å²) in [6, 6.07) is 18.4. The van der Waals surface area contributed by atoms with E-state index in [-0.39, 0.29) is 18.4 Å². The molecule has 0 N–H and O–H groups in total. The van der Waals surface area contributed by atoms with Crippen LogP contribution in [-0.2, 0) is 9.59 Å². The second-order valence-corrected chi connectivity index (χ2v) is 7.61. The lowest BCUT2D eigenvalue weighted by atomic mass is 9.98. The Hall–Kier alpha value is -4.20. The van der Waals surface area contributed by atoms with Gasteiger partial charge in [0.05, 0.1) is 28.4 Å². The van der Waals surface area contributed by atoms with Gasteiger partial charge in [0.15, 0.2) is 11.5 Å². The minimum absolute atomic E-state index is 0.118. The number of benzene rings is 3. The maximum atomic E-state index is 14.0. The Balaban J connectivity index is 1.85. The monoisotopic (exact) mass is 462 g/mol. The lowest BCUT2D eigenvalue weighted by Gasteiger charge is -2.40. The highest BCUT2D eigenvalue weighted by atomic mass is 16.5. The van der Waals surface area contributed by atoms with Crippen LogP contribution in [0.4, 0.5) is 11.4 Å². The van der Waals surface area contributed by atoms with Gasteiger partial charge in [-0.15, -0.1) is 0 Å². The van der Waals surface area contributed by atoms with Crippen molar-refractivity contribution in [2.45, 2.75) is 6.04 Å². The largest absolute Gasteiger partial charge is 0.497 e. The number of piperazine rings is 1. The molecule has 8 nitrogen and oxygen atoms in total. The second-order valence-electron chi connectivity index (χ2n) is 7.61. The molecule has 4 rings (SSSR count). The number of amides is 2. The summed E-state index contributed by atoms with van der Waals surface area (Å²) in [5, 5.41) is 0. The number of nitrogens with zero attached hydrogens (tertiary/aromatic N) is 2. The average molecular weight is 463 g/mol. The molecule has 1 aliphatic rings. The lowest BCUT2D eigenvalue weighted by Crippen LogP contribution is -2.56. The van der Waals surface area contributed by atoms with Crippen molar-refractivity contribution in [3.8, 4) is 23.0 Å². The van der Waals surface area contributed by atoms with E-state index in [0.29, 0.717) is 39.9 Å². The Morgan fingerprint density at radius 1 is 0.706 bits per heavy atom. The number of ether oxygens (including phenoxy) is 4. The zero-order valence-corrected chi connectivity index (χ0v) is 19.5. The van der Waals surface area contributed by atoms with Gasteiger partial charge in [0.2, 0.25) is 5.91 Å². The third kappa shape index (κ3) is 4.22. The van der Waals surface area contributed by atoms with Crippen molar-refractivity contribution in [3.63, 3.8) is 0 Å². The predicted molar refractivity (Wildman–Crippen MR) is 128 cm³/mol. The van der Waals surface area contributed by atoms with E-state index in [1.54, 1.807) is 88.1 Å². The summed E-state index contributed by atoms with van der Waals surface area (Å²) >= 11 is 0. The highest BCUT2D eigenvalue weighted by molar-refractivity contribution is 6.14. The molecule has 2 amide bonds. The van der Waals surface area contributed by atoms with Gasteiger partial charge in [-0.1, -0.05) is 18.2 Å². The average Bonchev–Trinajstić information content (AvgIpc) is 2.89. The molecule has 1 aliphatic heterocycles. The Bertz CT molecular complexity index is 1210.